The Hall–Kier alpha value is -0.490. The van der Waals surface area contributed by atoms with Gasteiger partial charge in [-0.25, -0.2) is 0 Å². The predicted octanol–water partition coefficient (Wildman–Crippen LogP) is 5.60. The second-order valence-electron chi connectivity index (χ2n) is 7.69. The molecule has 0 heterocycles. The maximum atomic E-state index is 5.88. The lowest BCUT2D eigenvalue weighted by Crippen LogP contribution is -2.29. The van der Waals surface area contributed by atoms with Crippen molar-refractivity contribution in [2.45, 2.75) is 51.8 Å². The molecule has 0 nitrogen and oxygen atoms in total. The maximum absolute atomic E-state index is 5.88. The molecule has 1 heteroatoms. The SMILES string of the molecule is CC(C)(C)C1CC2CC(c3ccc(CCl)cc3)C1C2. The van der Waals surface area contributed by atoms with Gasteiger partial charge in [0.25, 0.3) is 0 Å². The molecular formula is C18H25Cl. The summed E-state index contributed by atoms with van der Waals surface area (Å²) >= 11 is 5.88. The Labute approximate surface area is 122 Å². The van der Waals surface area contributed by atoms with Crippen LogP contribution in [0.3, 0.4) is 0 Å². The minimum atomic E-state index is 0.466. The zero-order valence-corrected chi connectivity index (χ0v) is 13.1. The molecule has 19 heavy (non-hydrogen) atoms. The van der Waals surface area contributed by atoms with Gasteiger partial charge in [0.15, 0.2) is 0 Å². The van der Waals surface area contributed by atoms with Gasteiger partial charge < -0.3 is 0 Å². The van der Waals surface area contributed by atoms with Crippen molar-refractivity contribution in [1.29, 1.82) is 0 Å². The lowest BCUT2D eigenvalue weighted by atomic mass is 9.67. The van der Waals surface area contributed by atoms with Crippen LogP contribution in [0.15, 0.2) is 24.3 Å². The van der Waals surface area contributed by atoms with Gasteiger partial charge in [-0.3, -0.25) is 0 Å². The first-order valence-corrected chi connectivity index (χ1v) is 8.17. The molecule has 3 rings (SSSR count). The maximum Gasteiger partial charge on any atom is 0.0474 e. The number of alkyl halides is 1. The van der Waals surface area contributed by atoms with E-state index in [2.05, 4.69) is 45.0 Å². The summed E-state index contributed by atoms with van der Waals surface area (Å²) in [5.74, 6) is 4.22. The molecule has 0 amide bonds. The van der Waals surface area contributed by atoms with Crippen LogP contribution in [0.25, 0.3) is 0 Å². The first-order chi connectivity index (χ1) is 8.99. The van der Waals surface area contributed by atoms with Gasteiger partial charge in [-0.15, -0.1) is 11.6 Å². The largest absolute Gasteiger partial charge is 0.122 e. The van der Waals surface area contributed by atoms with E-state index in [-0.39, 0.29) is 0 Å². The molecule has 0 aliphatic heterocycles. The average molecular weight is 277 g/mol. The van der Waals surface area contributed by atoms with Gasteiger partial charge in [-0.2, -0.15) is 0 Å². The topological polar surface area (TPSA) is 0 Å². The van der Waals surface area contributed by atoms with E-state index in [1.165, 1.54) is 24.8 Å². The normalized spacial score (nSPS) is 33.9. The average Bonchev–Trinajstić information content (AvgIpc) is 2.98. The molecule has 4 atom stereocenters. The fraction of sp³-hybridized carbons (Fsp3) is 0.667. The van der Waals surface area contributed by atoms with Crippen molar-refractivity contribution in [2.75, 3.05) is 0 Å². The summed E-state index contributed by atoms with van der Waals surface area (Å²) in [6.45, 7) is 7.27. The lowest BCUT2D eigenvalue weighted by Gasteiger charge is -2.38. The Balaban J connectivity index is 1.82. The van der Waals surface area contributed by atoms with E-state index < -0.39 is 0 Å². The molecule has 0 aromatic heterocycles. The predicted molar refractivity (Wildman–Crippen MR) is 82.5 cm³/mol. The number of hydrogen-bond donors (Lipinski definition) is 0. The van der Waals surface area contributed by atoms with E-state index >= 15 is 0 Å². The Morgan fingerprint density at radius 1 is 1.05 bits per heavy atom. The quantitative estimate of drug-likeness (QED) is 0.617. The van der Waals surface area contributed by atoms with E-state index in [4.69, 9.17) is 11.6 Å². The molecule has 4 unspecified atom stereocenters. The van der Waals surface area contributed by atoms with Gasteiger partial charge in [0.1, 0.15) is 0 Å². The third-order valence-electron chi connectivity index (χ3n) is 5.49. The number of hydrogen-bond acceptors (Lipinski definition) is 0. The molecule has 2 fully saturated rings. The molecule has 1 aromatic rings. The highest BCUT2D eigenvalue weighted by Crippen LogP contribution is 2.60. The molecule has 0 radical (unpaired) electrons. The second kappa shape index (κ2) is 4.81. The van der Waals surface area contributed by atoms with Crippen LogP contribution in [0.1, 0.15) is 57.1 Å². The van der Waals surface area contributed by atoms with Crippen LogP contribution in [-0.4, -0.2) is 0 Å². The van der Waals surface area contributed by atoms with Gasteiger partial charge >= 0.3 is 0 Å². The minimum absolute atomic E-state index is 0.466. The Morgan fingerprint density at radius 2 is 1.74 bits per heavy atom. The van der Waals surface area contributed by atoms with Crippen LogP contribution in [0, 0.1) is 23.2 Å². The molecule has 2 aliphatic rings. The Bertz CT molecular complexity index is 440. The molecule has 0 spiro atoms. The van der Waals surface area contributed by atoms with Crippen LogP contribution < -0.4 is 0 Å². The highest BCUT2D eigenvalue weighted by molar-refractivity contribution is 6.17. The van der Waals surface area contributed by atoms with Crippen molar-refractivity contribution in [3.05, 3.63) is 35.4 Å². The van der Waals surface area contributed by atoms with Crippen LogP contribution >= 0.6 is 11.6 Å². The summed E-state index contributed by atoms with van der Waals surface area (Å²) in [5.41, 5.74) is 3.25. The Morgan fingerprint density at radius 3 is 2.26 bits per heavy atom. The van der Waals surface area contributed by atoms with E-state index in [1.807, 2.05) is 0 Å². The van der Waals surface area contributed by atoms with Crippen LogP contribution in [0.2, 0.25) is 0 Å². The fourth-order valence-electron chi connectivity index (χ4n) is 4.58. The number of rotatable bonds is 2. The van der Waals surface area contributed by atoms with E-state index in [0.29, 0.717) is 11.3 Å². The van der Waals surface area contributed by atoms with Gasteiger partial charge in [-0.05, 0) is 59.5 Å². The van der Waals surface area contributed by atoms with Crippen molar-refractivity contribution < 1.29 is 0 Å². The highest BCUT2D eigenvalue weighted by Gasteiger charge is 2.49. The summed E-state index contributed by atoms with van der Waals surface area (Å²) in [7, 11) is 0. The number of halogens is 1. The smallest absolute Gasteiger partial charge is 0.0474 e. The molecule has 2 aliphatic carbocycles. The monoisotopic (exact) mass is 276 g/mol. The zero-order chi connectivity index (χ0) is 13.6. The zero-order valence-electron chi connectivity index (χ0n) is 12.3. The van der Waals surface area contributed by atoms with E-state index in [1.54, 1.807) is 5.56 Å². The molecule has 104 valence electrons. The summed E-state index contributed by atoms with van der Waals surface area (Å²) < 4.78 is 0. The van der Waals surface area contributed by atoms with E-state index in [9.17, 15) is 0 Å². The Kier molecular flexibility index (Phi) is 3.41. The standard InChI is InChI=1S/C18H25Cl/c1-18(2,3)17-10-13-8-15(16(17)9-13)14-6-4-12(11-19)5-7-14/h4-7,13,15-17H,8-11H2,1-3H3. The van der Waals surface area contributed by atoms with Crippen molar-refractivity contribution in [3.8, 4) is 0 Å². The van der Waals surface area contributed by atoms with Crippen molar-refractivity contribution in [1.82, 2.24) is 0 Å². The highest BCUT2D eigenvalue weighted by atomic mass is 35.5. The fourth-order valence-corrected chi connectivity index (χ4v) is 4.76. The van der Waals surface area contributed by atoms with Crippen molar-refractivity contribution in [3.63, 3.8) is 0 Å². The van der Waals surface area contributed by atoms with Gasteiger partial charge in [0.2, 0.25) is 0 Å². The molecular weight excluding hydrogens is 252 g/mol. The van der Waals surface area contributed by atoms with Crippen molar-refractivity contribution in [2.24, 2.45) is 23.2 Å². The van der Waals surface area contributed by atoms with Crippen LogP contribution in [0.5, 0.6) is 0 Å². The molecule has 2 saturated carbocycles. The number of fused-ring (bicyclic) bond motifs is 2. The second-order valence-corrected chi connectivity index (χ2v) is 7.96. The van der Waals surface area contributed by atoms with Gasteiger partial charge in [0.05, 0.1) is 0 Å². The molecule has 0 saturated heterocycles. The van der Waals surface area contributed by atoms with Gasteiger partial charge in [-0.1, -0.05) is 45.0 Å². The number of benzene rings is 1. The summed E-state index contributed by atoms with van der Waals surface area (Å²) in [5, 5.41) is 0. The van der Waals surface area contributed by atoms with Crippen LogP contribution in [0.4, 0.5) is 0 Å². The van der Waals surface area contributed by atoms with Crippen LogP contribution in [-0.2, 0) is 5.88 Å². The summed E-state index contributed by atoms with van der Waals surface area (Å²) in [4.78, 5) is 0. The molecule has 0 N–H and O–H groups in total. The van der Waals surface area contributed by atoms with E-state index in [0.717, 1.165) is 23.7 Å². The minimum Gasteiger partial charge on any atom is -0.122 e. The third kappa shape index (κ3) is 2.44. The third-order valence-corrected chi connectivity index (χ3v) is 5.80. The first kappa shape index (κ1) is 13.5. The first-order valence-electron chi connectivity index (χ1n) is 7.64. The van der Waals surface area contributed by atoms with Crippen molar-refractivity contribution >= 4 is 11.6 Å². The lowest BCUT2D eigenvalue weighted by molar-refractivity contribution is 0.145. The molecule has 2 bridgehead atoms. The summed E-state index contributed by atoms with van der Waals surface area (Å²) in [6.07, 6.45) is 4.34. The summed E-state index contributed by atoms with van der Waals surface area (Å²) in [6, 6.07) is 9.06. The van der Waals surface area contributed by atoms with Gasteiger partial charge in [0, 0.05) is 5.88 Å². The molecule has 1 aromatic carbocycles.